The molecule has 1 amide bonds. The van der Waals surface area contributed by atoms with E-state index in [1.807, 2.05) is 6.92 Å². The summed E-state index contributed by atoms with van der Waals surface area (Å²) in [5, 5.41) is 11.3. The van der Waals surface area contributed by atoms with E-state index in [0.29, 0.717) is 5.56 Å². The van der Waals surface area contributed by atoms with Gasteiger partial charge in [-0.05, 0) is 44.5 Å². The van der Waals surface area contributed by atoms with Crippen LogP contribution in [0.25, 0.3) is 0 Å². The van der Waals surface area contributed by atoms with Crippen molar-refractivity contribution in [3.8, 4) is 11.8 Å². The fourth-order valence-corrected chi connectivity index (χ4v) is 1.69. The summed E-state index contributed by atoms with van der Waals surface area (Å²) in [6.45, 7) is 5.17. The fraction of sp³-hybridized carbons (Fsp3) is 0.375. The molecule has 0 aromatic heterocycles. The number of aliphatic hydroxyl groups is 1. The van der Waals surface area contributed by atoms with Crippen LogP contribution in [0.5, 0.6) is 0 Å². The van der Waals surface area contributed by atoms with E-state index in [9.17, 15) is 9.59 Å². The highest BCUT2D eigenvalue weighted by molar-refractivity contribution is 5.97. The van der Waals surface area contributed by atoms with Gasteiger partial charge in [-0.15, -0.1) is 0 Å². The first kappa shape index (κ1) is 16.7. The summed E-state index contributed by atoms with van der Waals surface area (Å²) in [6, 6.07) is 4.32. The van der Waals surface area contributed by atoms with E-state index in [4.69, 9.17) is 9.84 Å². The van der Waals surface area contributed by atoms with E-state index in [1.165, 1.54) is 0 Å². The summed E-state index contributed by atoms with van der Waals surface area (Å²) in [5.41, 5.74) is 2.02. The summed E-state index contributed by atoms with van der Waals surface area (Å²) in [7, 11) is 0. The number of carbonyl (C=O) groups is 2. The molecule has 0 bridgehead atoms. The number of benzene rings is 1. The number of hydrogen-bond acceptors (Lipinski definition) is 4. The van der Waals surface area contributed by atoms with Crippen LogP contribution in [0.4, 0.5) is 0 Å². The molecule has 2 N–H and O–H groups in total. The molecule has 1 rings (SSSR count). The Balaban J connectivity index is 2.80. The maximum absolute atomic E-state index is 12.0. The lowest BCUT2D eigenvalue weighted by atomic mass is 10.0. The third-order valence-corrected chi connectivity index (χ3v) is 2.78. The van der Waals surface area contributed by atoms with Crippen LogP contribution >= 0.6 is 0 Å². The van der Waals surface area contributed by atoms with Gasteiger partial charge in [0.15, 0.2) is 0 Å². The van der Waals surface area contributed by atoms with Crippen LogP contribution in [0.2, 0.25) is 0 Å². The first-order valence-corrected chi connectivity index (χ1v) is 6.67. The molecule has 0 aliphatic rings. The highest BCUT2D eigenvalue weighted by Gasteiger charge is 2.17. The van der Waals surface area contributed by atoms with Crippen molar-refractivity contribution in [3.63, 3.8) is 0 Å². The Morgan fingerprint density at radius 2 is 2.14 bits per heavy atom. The molecule has 0 aliphatic carbocycles. The highest BCUT2D eigenvalue weighted by Crippen LogP contribution is 2.10. The summed E-state index contributed by atoms with van der Waals surface area (Å²) in [4.78, 5) is 23.5. The van der Waals surface area contributed by atoms with Gasteiger partial charge >= 0.3 is 5.97 Å². The SMILES string of the molecule is CCOC(=O)C(C)NC(=O)c1ccc(C#CCO)c(C)c1. The molecule has 0 saturated heterocycles. The molecule has 1 aromatic rings. The second-order valence-corrected chi connectivity index (χ2v) is 4.44. The summed E-state index contributed by atoms with van der Waals surface area (Å²) in [6.07, 6.45) is 0. The minimum atomic E-state index is -0.702. The number of amides is 1. The number of ether oxygens (including phenoxy) is 1. The zero-order chi connectivity index (χ0) is 15.8. The number of rotatable bonds is 4. The molecule has 0 heterocycles. The zero-order valence-corrected chi connectivity index (χ0v) is 12.4. The van der Waals surface area contributed by atoms with Crippen molar-refractivity contribution in [3.05, 3.63) is 34.9 Å². The van der Waals surface area contributed by atoms with Gasteiger partial charge in [0.05, 0.1) is 6.61 Å². The van der Waals surface area contributed by atoms with Crippen LogP contribution in [-0.2, 0) is 9.53 Å². The first-order chi connectivity index (χ1) is 9.99. The van der Waals surface area contributed by atoms with Crippen molar-refractivity contribution in [1.29, 1.82) is 0 Å². The molecule has 112 valence electrons. The largest absolute Gasteiger partial charge is 0.464 e. The van der Waals surface area contributed by atoms with Gasteiger partial charge in [0.2, 0.25) is 0 Å². The van der Waals surface area contributed by atoms with Crippen molar-refractivity contribution in [2.24, 2.45) is 0 Å². The number of hydrogen-bond donors (Lipinski definition) is 2. The molecule has 5 nitrogen and oxygen atoms in total. The summed E-state index contributed by atoms with van der Waals surface area (Å²) in [5.74, 6) is 4.55. The molecule has 0 radical (unpaired) electrons. The molecule has 0 spiro atoms. The van der Waals surface area contributed by atoms with E-state index in [-0.39, 0.29) is 19.1 Å². The van der Waals surface area contributed by atoms with Gasteiger partial charge in [-0.2, -0.15) is 0 Å². The summed E-state index contributed by atoms with van der Waals surface area (Å²) >= 11 is 0. The van der Waals surface area contributed by atoms with E-state index in [2.05, 4.69) is 17.2 Å². The Hall–Kier alpha value is -2.32. The van der Waals surface area contributed by atoms with Gasteiger partial charge in [-0.1, -0.05) is 11.8 Å². The van der Waals surface area contributed by atoms with E-state index < -0.39 is 12.0 Å². The Bertz CT molecular complexity index is 584. The van der Waals surface area contributed by atoms with Gasteiger partial charge in [-0.25, -0.2) is 4.79 Å². The van der Waals surface area contributed by atoms with Crippen molar-refractivity contribution >= 4 is 11.9 Å². The fourth-order valence-electron chi connectivity index (χ4n) is 1.69. The molecule has 0 fully saturated rings. The molecule has 0 aliphatic heterocycles. The van der Waals surface area contributed by atoms with Crippen LogP contribution in [-0.4, -0.2) is 36.2 Å². The minimum absolute atomic E-state index is 0.210. The predicted octanol–water partition coefficient (Wildman–Crippen LogP) is 1.02. The lowest BCUT2D eigenvalue weighted by molar-refractivity contribution is -0.144. The topological polar surface area (TPSA) is 75.6 Å². The minimum Gasteiger partial charge on any atom is -0.464 e. The second kappa shape index (κ2) is 8.08. The maximum Gasteiger partial charge on any atom is 0.328 e. The van der Waals surface area contributed by atoms with Crippen molar-refractivity contribution in [2.45, 2.75) is 26.8 Å². The van der Waals surface area contributed by atoms with Crippen LogP contribution in [0.3, 0.4) is 0 Å². The Kier molecular flexibility index (Phi) is 6.44. The van der Waals surface area contributed by atoms with Crippen molar-refractivity contribution in [1.82, 2.24) is 5.32 Å². The van der Waals surface area contributed by atoms with E-state index >= 15 is 0 Å². The molecule has 5 heteroatoms. The smallest absolute Gasteiger partial charge is 0.328 e. The van der Waals surface area contributed by atoms with Crippen molar-refractivity contribution < 1.29 is 19.4 Å². The van der Waals surface area contributed by atoms with Crippen LogP contribution in [0.15, 0.2) is 18.2 Å². The van der Waals surface area contributed by atoms with Gasteiger partial charge in [-0.3, -0.25) is 4.79 Å². The molecular formula is C16H19NO4. The van der Waals surface area contributed by atoms with E-state index in [1.54, 1.807) is 32.0 Å². The Morgan fingerprint density at radius 1 is 1.43 bits per heavy atom. The number of nitrogens with one attached hydrogen (secondary N) is 1. The third kappa shape index (κ3) is 4.93. The first-order valence-electron chi connectivity index (χ1n) is 6.67. The molecule has 1 unspecified atom stereocenters. The maximum atomic E-state index is 12.0. The van der Waals surface area contributed by atoms with Gasteiger partial charge in [0.1, 0.15) is 12.6 Å². The van der Waals surface area contributed by atoms with Gasteiger partial charge in [0, 0.05) is 11.1 Å². The molecule has 1 aromatic carbocycles. The Labute approximate surface area is 124 Å². The van der Waals surface area contributed by atoms with Crippen molar-refractivity contribution in [2.75, 3.05) is 13.2 Å². The van der Waals surface area contributed by atoms with Gasteiger partial charge < -0.3 is 15.2 Å². The lowest BCUT2D eigenvalue weighted by Gasteiger charge is -2.13. The molecule has 1 atom stereocenters. The summed E-state index contributed by atoms with van der Waals surface area (Å²) < 4.78 is 4.83. The molecule has 21 heavy (non-hydrogen) atoms. The van der Waals surface area contributed by atoms with Crippen LogP contribution in [0.1, 0.15) is 35.3 Å². The van der Waals surface area contributed by atoms with Crippen LogP contribution < -0.4 is 5.32 Å². The quantitative estimate of drug-likeness (QED) is 0.641. The molecule has 0 saturated carbocycles. The van der Waals surface area contributed by atoms with E-state index in [0.717, 1.165) is 11.1 Å². The average molecular weight is 289 g/mol. The standard InChI is InChI=1S/C16H19NO4/c1-4-21-16(20)12(3)17-15(19)14-8-7-13(6-5-9-18)11(2)10-14/h7-8,10,12,18H,4,9H2,1-3H3,(H,17,19). The third-order valence-electron chi connectivity index (χ3n) is 2.78. The lowest BCUT2D eigenvalue weighted by Crippen LogP contribution is -2.39. The van der Waals surface area contributed by atoms with Crippen LogP contribution in [0, 0.1) is 18.8 Å². The van der Waals surface area contributed by atoms with Gasteiger partial charge in [0.25, 0.3) is 5.91 Å². The zero-order valence-electron chi connectivity index (χ0n) is 12.4. The monoisotopic (exact) mass is 289 g/mol. The normalized spacial score (nSPS) is 11.0. The Morgan fingerprint density at radius 3 is 2.71 bits per heavy atom. The second-order valence-electron chi connectivity index (χ2n) is 4.44. The number of carbonyl (C=O) groups excluding carboxylic acids is 2. The number of esters is 1. The number of aryl methyl sites for hydroxylation is 1. The number of aliphatic hydroxyl groups excluding tert-OH is 1. The average Bonchev–Trinajstić information content (AvgIpc) is 2.46. The highest BCUT2D eigenvalue weighted by atomic mass is 16.5. The predicted molar refractivity (Wildman–Crippen MR) is 78.7 cm³/mol. The molecular weight excluding hydrogens is 270 g/mol.